The first-order valence-electron chi connectivity index (χ1n) is 5.83. The van der Waals surface area contributed by atoms with Crippen molar-refractivity contribution in [3.63, 3.8) is 0 Å². The van der Waals surface area contributed by atoms with E-state index in [1.165, 1.54) is 0 Å². The van der Waals surface area contributed by atoms with Crippen LogP contribution in [0.4, 0.5) is 5.82 Å². The third kappa shape index (κ3) is 7.61. The zero-order valence-electron chi connectivity index (χ0n) is 11.3. The molecule has 0 radical (unpaired) electrons. The highest BCUT2D eigenvalue weighted by atomic mass is 35.5. The van der Waals surface area contributed by atoms with Gasteiger partial charge in [0.2, 0.25) is 0 Å². The number of nitrogen functional groups attached to an aromatic ring is 1. The largest absolute Gasteiger partial charge is 0.384 e. The van der Waals surface area contributed by atoms with Gasteiger partial charge in [-0.3, -0.25) is 4.79 Å². The number of nitrogens with two attached hydrogens (primary N) is 1. The Morgan fingerprint density at radius 3 is 2.79 bits per heavy atom. The van der Waals surface area contributed by atoms with E-state index in [9.17, 15) is 4.79 Å². The minimum atomic E-state index is -0.237. The maximum absolute atomic E-state index is 11.6. The second-order valence-corrected chi connectivity index (χ2v) is 4.12. The van der Waals surface area contributed by atoms with Crippen molar-refractivity contribution in [3.8, 4) is 0 Å². The average molecular weight is 289 g/mol. The number of anilines is 1. The Hall–Kier alpha value is -1.37. The van der Waals surface area contributed by atoms with Crippen molar-refractivity contribution in [2.24, 2.45) is 0 Å². The van der Waals surface area contributed by atoms with Crippen molar-refractivity contribution >= 4 is 24.1 Å². The molecule has 1 amide bonds. The molecule has 0 aromatic carbocycles. The van der Waals surface area contributed by atoms with Gasteiger partial charge in [-0.1, -0.05) is 6.07 Å². The summed E-state index contributed by atoms with van der Waals surface area (Å²) in [6.45, 7) is 2.47. The number of ether oxygens (including phenoxy) is 1. The number of pyridine rings is 1. The van der Waals surface area contributed by atoms with Crippen LogP contribution >= 0.6 is 12.4 Å². The van der Waals surface area contributed by atoms with Crippen LogP contribution in [-0.4, -0.2) is 56.2 Å². The first-order valence-corrected chi connectivity index (χ1v) is 5.83. The van der Waals surface area contributed by atoms with Crippen LogP contribution in [0.15, 0.2) is 18.2 Å². The minimum Gasteiger partial charge on any atom is -0.384 e. The highest BCUT2D eigenvalue weighted by molar-refractivity contribution is 5.92. The molecule has 6 nitrogen and oxygen atoms in total. The molecule has 0 saturated heterocycles. The van der Waals surface area contributed by atoms with E-state index in [4.69, 9.17) is 10.5 Å². The highest BCUT2D eigenvalue weighted by Crippen LogP contribution is 1.99. The summed E-state index contributed by atoms with van der Waals surface area (Å²) in [5, 5.41) is 2.72. The third-order valence-electron chi connectivity index (χ3n) is 2.22. The number of likely N-dealkylation sites (N-methyl/N-ethyl adjacent to an activating group) is 1. The van der Waals surface area contributed by atoms with E-state index in [1.807, 2.05) is 19.0 Å². The fourth-order valence-corrected chi connectivity index (χ4v) is 1.25. The van der Waals surface area contributed by atoms with E-state index in [0.717, 1.165) is 6.54 Å². The van der Waals surface area contributed by atoms with Crippen LogP contribution in [0.5, 0.6) is 0 Å². The standard InChI is InChI=1S/C12H20N4O2.ClH/c1-16(2)7-9-18-8-6-14-12(17)10-4-3-5-11(13)15-10;/h3-5H,6-9H2,1-2H3,(H2,13,15)(H,14,17);1H. The maximum atomic E-state index is 11.6. The number of nitrogens with zero attached hydrogens (tertiary/aromatic N) is 2. The Balaban J connectivity index is 0.00000324. The predicted molar refractivity (Wildman–Crippen MR) is 77.6 cm³/mol. The first-order chi connectivity index (χ1) is 8.59. The molecule has 19 heavy (non-hydrogen) atoms. The molecule has 0 spiro atoms. The van der Waals surface area contributed by atoms with Crippen LogP contribution in [0.2, 0.25) is 0 Å². The lowest BCUT2D eigenvalue weighted by Gasteiger charge is -2.10. The summed E-state index contributed by atoms with van der Waals surface area (Å²) in [6.07, 6.45) is 0. The summed E-state index contributed by atoms with van der Waals surface area (Å²) in [5.41, 5.74) is 5.82. The molecular weight excluding hydrogens is 268 g/mol. The predicted octanol–water partition coefficient (Wildman–Crippen LogP) is 0.394. The number of carbonyl (C=O) groups excluding carboxylic acids is 1. The molecule has 1 heterocycles. The summed E-state index contributed by atoms with van der Waals surface area (Å²) in [4.78, 5) is 17.6. The minimum absolute atomic E-state index is 0. The third-order valence-corrected chi connectivity index (χ3v) is 2.22. The van der Waals surface area contributed by atoms with E-state index in [-0.39, 0.29) is 18.3 Å². The van der Waals surface area contributed by atoms with Gasteiger partial charge in [0.25, 0.3) is 5.91 Å². The van der Waals surface area contributed by atoms with Crippen LogP contribution in [0.3, 0.4) is 0 Å². The average Bonchev–Trinajstić information content (AvgIpc) is 2.33. The summed E-state index contributed by atoms with van der Waals surface area (Å²) < 4.78 is 5.35. The van der Waals surface area contributed by atoms with Crippen molar-refractivity contribution in [2.45, 2.75) is 0 Å². The Labute approximate surface area is 119 Å². The van der Waals surface area contributed by atoms with Gasteiger partial charge in [0.15, 0.2) is 0 Å². The SMILES string of the molecule is CN(C)CCOCCNC(=O)c1cccc(N)n1.Cl. The molecule has 0 aliphatic carbocycles. The number of halogens is 1. The molecule has 0 fully saturated rings. The van der Waals surface area contributed by atoms with Gasteiger partial charge in [-0.25, -0.2) is 4.98 Å². The lowest BCUT2D eigenvalue weighted by Crippen LogP contribution is -2.29. The molecule has 1 rings (SSSR count). The van der Waals surface area contributed by atoms with Crippen LogP contribution < -0.4 is 11.1 Å². The summed E-state index contributed by atoms with van der Waals surface area (Å²) in [5.74, 6) is 0.100. The van der Waals surface area contributed by atoms with Crippen molar-refractivity contribution in [1.82, 2.24) is 15.2 Å². The van der Waals surface area contributed by atoms with Crippen molar-refractivity contribution in [2.75, 3.05) is 46.1 Å². The van der Waals surface area contributed by atoms with Gasteiger partial charge in [0.1, 0.15) is 11.5 Å². The molecule has 0 bridgehead atoms. The van der Waals surface area contributed by atoms with Gasteiger partial charge in [-0.15, -0.1) is 12.4 Å². The number of carbonyl (C=O) groups is 1. The first kappa shape index (κ1) is 17.6. The molecule has 108 valence electrons. The Morgan fingerprint density at radius 1 is 1.42 bits per heavy atom. The molecule has 0 saturated carbocycles. The van der Waals surface area contributed by atoms with E-state index in [0.29, 0.717) is 31.3 Å². The van der Waals surface area contributed by atoms with E-state index in [2.05, 4.69) is 10.3 Å². The monoisotopic (exact) mass is 288 g/mol. The van der Waals surface area contributed by atoms with E-state index < -0.39 is 0 Å². The van der Waals surface area contributed by atoms with Crippen molar-refractivity contribution in [1.29, 1.82) is 0 Å². The summed E-state index contributed by atoms with van der Waals surface area (Å²) in [6, 6.07) is 4.96. The summed E-state index contributed by atoms with van der Waals surface area (Å²) in [7, 11) is 3.97. The zero-order chi connectivity index (χ0) is 13.4. The second kappa shape index (κ2) is 9.55. The van der Waals surface area contributed by atoms with Crippen LogP contribution in [0.25, 0.3) is 0 Å². The molecule has 3 N–H and O–H groups in total. The molecule has 7 heteroatoms. The van der Waals surface area contributed by atoms with Gasteiger partial charge >= 0.3 is 0 Å². The van der Waals surface area contributed by atoms with Crippen LogP contribution in [-0.2, 0) is 4.74 Å². The lowest BCUT2D eigenvalue weighted by atomic mass is 10.3. The number of rotatable bonds is 7. The van der Waals surface area contributed by atoms with Crippen molar-refractivity contribution in [3.05, 3.63) is 23.9 Å². The number of amides is 1. The quantitative estimate of drug-likeness (QED) is 0.710. The Morgan fingerprint density at radius 2 is 2.16 bits per heavy atom. The normalized spacial score (nSPS) is 10.1. The Kier molecular flexibility index (Phi) is 8.86. The fourth-order valence-electron chi connectivity index (χ4n) is 1.25. The van der Waals surface area contributed by atoms with Gasteiger partial charge in [-0.2, -0.15) is 0 Å². The van der Waals surface area contributed by atoms with Crippen LogP contribution in [0, 0.1) is 0 Å². The molecule has 1 aromatic rings. The van der Waals surface area contributed by atoms with Gasteiger partial charge in [0.05, 0.1) is 13.2 Å². The number of aromatic nitrogens is 1. The maximum Gasteiger partial charge on any atom is 0.270 e. The molecule has 0 atom stereocenters. The number of nitrogens with one attached hydrogen (secondary N) is 1. The van der Waals surface area contributed by atoms with Gasteiger partial charge in [0, 0.05) is 13.1 Å². The van der Waals surface area contributed by atoms with E-state index >= 15 is 0 Å². The lowest BCUT2D eigenvalue weighted by molar-refractivity contribution is 0.0896. The second-order valence-electron chi connectivity index (χ2n) is 4.12. The molecule has 0 aliphatic heterocycles. The number of hydrogen-bond acceptors (Lipinski definition) is 5. The van der Waals surface area contributed by atoms with E-state index in [1.54, 1.807) is 18.2 Å². The van der Waals surface area contributed by atoms with Gasteiger partial charge < -0.3 is 20.7 Å². The van der Waals surface area contributed by atoms with Crippen LogP contribution in [0.1, 0.15) is 10.5 Å². The topological polar surface area (TPSA) is 80.5 Å². The van der Waals surface area contributed by atoms with Gasteiger partial charge in [-0.05, 0) is 26.2 Å². The zero-order valence-corrected chi connectivity index (χ0v) is 12.1. The smallest absolute Gasteiger partial charge is 0.270 e. The summed E-state index contributed by atoms with van der Waals surface area (Å²) >= 11 is 0. The molecule has 1 aromatic heterocycles. The molecular formula is C12H21ClN4O2. The highest BCUT2D eigenvalue weighted by Gasteiger charge is 2.05. The fraction of sp³-hybridized carbons (Fsp3) is 0.500. The molecule has 0 unspecified atom stereocenters. The Bertz CT molecular complexity index is 388. The van der Waals surface area contributed by atoms with Crippen molar-refractivity contribution < 1.29 is 9.53 Å². The number of hydrogen-bond donors (Lipinski definition) is 2. The molecule has 0 aliphatic rings.